The van der Waals surface area contributed by atoms with Gasteiger partial charge in [0.05, 0.1) is 34.8 Å². The van der Waals surface area contributed by atoms with E-state index >= 15 is 0 Å². The van der Waals surface area contributed by atoms with Crippen LogP contribution in [-0.2, 0) is 9.59 Å². The Kier molecular flexibility index (Phi) is 8.14. The second-order valence-electron chi connectivity index (χ2n) is 9.78. The van der Waals surface area contributed by atoms with Crippen LogP contribution in [0.5, 0.6) is 0 Å². The van der Waals surface area contributed by atoms with E-state index in [9.17, 15) is 29.7 Å². The Morgan fingerprint density at radius 3 is 2.37 bits per heavy atom. The first-order valence-corrected chi connectivity index (χ1v) is 12.2. The number of β-amino-alcohol motifs (C(OH)–C–C–N with tert-alkyl or cyclic N) is 1. The first-order valence-electron chi connectivity index (χ1n) is 11.3. The zero-order chi connectivity index (χ0) is 25.9. The Labute approximate surface area is 208 Å². The summed E-state index contributed by atoms with van der Waals surface area (Å²) in [5.41, 5.74) is 3.60. The lowest BCUT2D eigenvalue weighted by molar-refractivity contribution is -0.142. The molecular weight excluding hydrogens is 472 g/mol. The average molecular weight is 505 g/mol. The zero-order valence-electron chi connectivity index (χ0n) is 20.2. The molecule has 0 aliphatic carbocycles. The Balaban J connectivity index is 1.76. The lowest BCUT2D eigenvalue weighted by Gasteiger charge is -2.35. The molecule has 190 valence electrons. The standard InChI is InChI=1S/C24H32N4O6S/c1-13-19(35-12-25-13)15-7-5-14(6-8-15)17(11-29)26-21(31)18-9-16(30)10-28(18)22(32)20(24(2,3)4)27-23(33)34/h5-8,12,16-18,20,27,29-30H,9-11H2,1-4H3,(H,26,31)(H,33,34)/t16-,17+,18+,20-/m1/s1. The number of rotatable bonds is 7. The minimum atomic E-state index is -1.35. The van der Waals surface area contributed by atoms with E-state index in [2.05, 4.69) is 15.6 Å². The number of nitrogens with one attached hydrogen (secondary N) is 2. The molecule has 0 radical (unpaired) electrons. The number of hydrogen-bond donors (Lipinski definition) is 5. The number of nitrogens with zero attached hydrogens (tertiary/aromatic N) is 2. The number of carbonyl (C=O) groups is 3. The molecule has 1 fully saturated rings. The second kappa shape index (κ2) is 10.7. The maximum absolute atomic E-state index is 13.2. The van der Waals surface area contributed by atoms with Crippen molar-refractivity contribution in [1.82, 2.24) is 20.5 Å². The van der Waals surface area contributed by atoms with Crippen LogP contribution in [0.15, 0.2) is 29.8 Å². The third kappa shape index (κ3) is 6.16. The first kappa shape index (κ1) is 26.6. The summed E-state index contributed by atoms with van der Waals surface area (Å²) in [5, 5.41) is 34.4. The van der Waals surface area contributed by atoms with Gasteiger partial charge in [-0.15, -0.1) is 11.3 Å². The molecule has 1 aliphatic heterocycles. The van der Waals surface area contributed by atoms with Crippen molar-refractivity contribution >= 4 is 29.2 Å². The van der Waals surface area contributed by atoms with E-state index in [-0.39, 0.29) is 19.6 Å². The molecule has 1 saturated heterocycles. The van der Waals surface area contributed by atoms with E-state index < -0.39 is 47.6 Å². The third-order valence-electron chi connectivity index (χ3n) is 6.07. The van der Waals surface area contributed by atoms with Crippen LogP contribution in [0.4, 0.5) is 4.79 Å². The molecule has 1 aliphatic rings. The van der Waals surface area contributed by atoms with Crippen LogP contribution in [-0.4, -0.2) is 74.5 Å². The molecule has 2 aromatic rings. The minimum Gasteiger partial charge on any atom is -0.465 e. The fraction of sp³-hybridized carbons (Fsp3) is 0.500. The number of aliphatic hydroxyl groups excluding tert-OH is 2. The van der Waals surface area contributed by atoms with Gasteiger partial charge < -0.3 is 30.9 Å². The molecule has 0 spiro atoms. The van der Waals surface area contributed by atoms with Crippen LogP contribution in [0, 0.1) is 12.3 Å². The Morgan fingerprint density at radius 2 is 1.86 bits per heavy atom. The molecular formula is C24H32N4O6S. The van der Waals surface area contributed by atoms with E-state index in [1.54, 1.807) is 26.3 Å². The summed E-state index contributed by atoms with van der Waals surface area (Å²) in [6.45, 7) is 6.62. The van der Waals surface area contributed by atoms with Crippen molar-refractivity contribution in [2.45, 2.75) is 58.3 Å². The average Bonchev–Trinajstić information content (AvgIpc) is 3.40. The number of hydrogen-bond acceptors (Lipinski definition) is 7. The number of carboxylic acid groups (broad SMARTS) is 1. The van der Waals surface area contributed by atoms with E-state index in [1.165, 1.54) is 16.2 Å². The minimum absolute atomic E-state index is 0.0171. The lowest BCUT2D eigenvalue weighted by Crippen LogP contribution is -2.57. The summed E-state index contributed by atoms with van der Waals surface area (Å²) in [6, 6.07) is 4.60. The summed E-state index contributed by atoms with van der Waals surface area (Å²) < 4.78 is 0. The van der Waals surface area contributed by atoms with Crippen molar-refractivity contribution in [3.8, 4) is 10.4 Å². The molecule has 1 aromatic carbocycles. The predicted molar refractivity (Wildman–Crippen MR) is 131 cm³/mol. The highest BCUT2D eigenvalue weighted by molar-refractivity contribution is 7.13. The van der Waals surface area contributed by atoms with Crippen molar-refractivity contribution in [2.24, 2.45) is 5.41 Å². The predicted octanol–water partition coefficient (Wildman–Crippen LogP) is 1.91. The maximum Gasteiger partial charge on any atom is 0.405 e. The molecule has 0 bridgehead atoms. The normalized spacial score (nSPS) is 19.8. The van der Waals surface area contributed by atoms with E-state index in [4.69, 9.17) is 0 Å². The number of likely N-dealkylation sites (tertiary alicyclic amines) is 1. The van der Waals surface area contributed by atoms with Gasteiger partial charge in [0.15, 0.2) is 0 Å². The number of benzene rings is 1. The molecule has 3 rings (SSSR count). The number of thiazole rings is 1. The van der Waals surface area contributed by atoms with Gasteiger partial charge >= 0.3 is 6.09 Å². The molecule has 4 atom stereocenters. The molecule has 1 aromatic heterocycles. The van der Waals surface area contributed by atoms with Gasteiger partial charge in [0, 0.05) is 13.0 Å². The van der Waals surface area contributed by atoms with E-state index in [1.807, 2.05) is 31.2 Å². The molecule has 35 heavy (non-hydrogen) atoms. The smallest absolute Gasteiger partial charge is 0.405 e. The lowest BCUT2D eigenvalue weighted by atomic mass is 9.85. The van der Waals surface area contributed by atoms with E-state index in [0.29, 0.717) is 5.56 Å². The molecule has 5 N–H and O–H groups in total. The SMILES string of the molecule is Cc1ncsc1-c1ccc([C@H](CO)NC(=O)[C@@H]2C[C@@H](O)CN2C(=O)[C@@H](NC(=O)O)C(C)(C)C)cc1. The van der Waals surface area contributed by atoms with Crippen LogP contribution >= 0.6 is 11.3 Å². The largest absolute Gasteiger partial charge is 0.465 e. The summed E-state index contributed by atoms with van der Waals surface area (Å²) in [6.07, 6.45) is -2.26. The van der Waals surface area contributed by atoms with Crippen LogP contribution < -0.4 is 10.6 Å². The van der Waals surface area contributed by atoms with Gasteiger partial charge in [0.2, 0.25) is 11.8 Å². The number of aryl methyl sites for hydroxylation is 1. The van der Waals surface area contributed by atoms with Crippen molar-refractivity contribution in [1.29, 1.82) is 0 Å². The number of carbonyl (C=O) groups excluding carboxylic acids is 2. The second-order valence-corrected chi connectivity index (χ2v) is 10.6. The van der Waals surface area contributed by atoms with Crippen LogP contribution in [0.3, 0.4) is 0 Å². The highest BCUT2D eigenvalue weighted by Gasteiger charge is 2.44. The molecule has 10 nitrogen and oxygen atoms in total. The number of amides is 3. The summed E-state index contributed by atoms with van der Waals surface area (Å²) in [7, 11) is 0. The third-order valence-corrected chi connectivity index (χ3v) is 7.04. The topological polar surface area (TPSA) is 152 Å². The number of aliphatic hydroxyl groups is 2. The number of aromatic nitrogens is 1. The van der Waals surface area contributed by atoms with Crippen molar-refractivity contribution in [2.75, 3.05) is 13.2 Å². The molecule has 3 amide bonds. The van der Waals surface area contributed by atoms with Gasteiger partial charge in [-0.25, -0.2) is 9.78 Å². The van der Waals surface area contributed by atoms with Gasteiger partial charge in [-0.2, -0.15) is 0 Å². The molecule has 0 saturated carbocycles. The zero-order valence-corrected chi connectivity index (χ0v) is 21.0. The monoisotopic (exact) mass is 504 g/mol. The quantitative estimate of drug-likeness (QED) is 0.386. The van der Waals surface area contributed by atoms with Crippen LogP contribution in [0.25, 0.3) is 10.4 Å². The molecule has 0 unspecified atom stereocenters. The Bertz CT molecular complexity index is 1060. The highest BCUT2D eigenvalue weighted by Crippen LogP contribution is 2.29. The summed E-state index contributed by atoms with van der Waals surface area (Å²) in [4.78, 5) is 44.2. The van der Waals surface area contributed by atoms with Crippen molar-refractivity contribution < 1.29 is 29.7 Å². The highest BCUT2D eigenvalue weighted by atomic mass is 32.1. The van der Waals surface area contributed by atoms with Gasteiger partial charge in [0.25, 0.3) is 0 Å². The Morgan fingerprint density at radius 1 is 1.20 bits per heavy atom. The van der Waals surface area contributed by atoms with Gasteiger partial charge in [0.1, 0.15) is 12.1 Å². The summed E-state index contributed by atoms with van der Waals surface area (Å²) in [5.74, 6) is -1.11. The van der Waals surface area contributed by atoms with Gasteiger partial charge in [-0.3, -0.25) is 9.59 Å². The fourth-order valence-corrected chi connectivity index (χ4v) is 5.00. The molecule has 11 heteroatoms. The van der Waals surface area contributed by atoms with Gasteiger partial charge in [-0.05, 0) is 23.5 Å². The van der Waals surface area contributed by atoms with Crippen molar-refractivity contribution in [3.05, 3.63) is 41.0 Å². The van der Waals surface area contributed by atoms with Crippen LogP contribution in [0.2, 0.25) is 0 Å². The summed E-state index contributed by atoms with van der Waals surface area (Å²) >= 11 is 1.53. The van der Waals surface area contributed by atoms with Crippen LogP contribution in [0.1, 0.15) is 44.5 Å². The maximum atomic E-state index is 13.2. The van der Waals surface area contributed by atoms with E-state index in [0.717, 1.165) is 16.1 Å². The fourth-order valence-electron chi connectivity index (χ4n) is 4.19. The first-order chi connectivity index (χ1) is 16.4. The Hall–Kier alpha value is -3.02. The van der Waals surface area contributed by atoms with Gasteiger partial charge in [-0.1, -0.05) is 45.0 Å². The molecule has 2 heterocycles. The van der Waals surface area contributed by atoms with Crippen molar-refractivity contribution in [3.63, 3.8) is 0 Å².